The minimum Gasteiger partial charge on any atom is -0.456 e. The number of hydrogen-bond donors (Lipinski definition) is 0. The average Bonchev–Trinajstić information content (AvgIpc) is 2.14. The van der Waals surface area contributed by atoms with E-state index in [1.807, 2.05) is 46.8 Å². The van der Waals surface area contributed by atoms with Crippen LogP contribution < -0.4 is 0 Å². The van der Waals surface area contributed by atoms with E-state index in [4.69, 9.17) is 4.74 Å². The second kappa shape index (κ2) is 4.74. The number of esters is 1. The molecule has 1 aromatic carbocycles. The van der Waals surface area contributed by atoms with Crippen LogP contribution >= 0.6 is 0 Å². The first kappa shape index (κ1) is 13.5. The van der Waals surface area contributed by atoms with Crippen LogP contribution in [0.5, 0.6) is 0 Å². The molecule has 1 aromatic rings. The van der Waals surface area contributed by atoms with Gasteiger partial charge in [-0.25, -0.2) is 4.79 Å². The lowest BCUT2D eigenvalue weighted by molar-refractivity contribution is 0.00688. The maximum atomic E-state index is 11.9. The molecule has 2 heteroatoms. The highest BCUT2D eigenvalue weighted by atomic mass is 16.6. The molecule has 0 aliphatic heterocycles. The van der Waals surface area contributed by atoms with Gasteiger partial charge < -0.3 is 4.74 Å². The van der Waals surface area contributed by atoms with Crippen LogP contribution in [0.2, 0.25) is 0 Å². The van der Waals surface area contributed by atoms with E-state index in [1.54, 1.807) is 6.07 Å². The molecule has 0 saturated heterocycles. The van der Waals surface area contributed by atoms with Crippen LogP contribution in [-0.2, 0) is 4.74 Å². The van der Waals surface area contributed by atoms with Crippen molar-refractivity contribution in [2.75, 3.05) is 0 Å². The Morgan fingerprint density at radius 3 is 2.29 bits per heavy atom. The van der Waals surface area contributed by atoms with Gasteiger partial charge in [-0.2, -0.15) is 0 Å². The van der Waals surface area contributed by atoms with Crippen LogP contribution in [0.15, 0.2) is 24.8 Å². The molecule has 0 atom stereocenters. The van der Waals surface area contributed by atoms with Gasteiger partial charge >= 0.3 is 5.97 Å². The number of carbonyl (C=O) groups is 1. The number of aryl methyl sites for hydroxylation is 1. The van der Waals surface area contributed by atoms with Gasteiger partial charge in [0.2, 0.25) is 0 Å². The third-order valence-corrected chi connectivity index (χ3v) is 2.34. The molecule has 0 N–H and O–H groups in total. The molecule has 0 aliphatic rings. The lowest BCUT2D eigenvalue weighted by atomic mass is 10.0. The maximum Gasteiger partial charge on any atom is 0.338 e. The van der Waals surface area contributed by atoms with E-state index >= 15 is 0 Å². The fourth-order valence-electron chi connectivity index (χ4n) is 1.49. The molecule has 0 saturated carbocycles. The second-order valence-electron chi connectivity index (χ2n) is 5.31. The Balaban J connectivity index is 3.00. The molecule has 0 radical (unpaired) electrons. The molecule has 0 heterocycles. The van der Waals surface area contributed by atoms with Gasteiger partial charge in [0, 0.05) is 0 Å². The summed E-state index contributed by atoms with van der Waals surface area (Å²) in [6.07, 6.45) is 0. The summed E-state index contributed by atoms with van der Waals surface area (Å²) in [6.45, 7) is 13.3. The van der Waals surface area contributed by atoms with Gasteiger partial charge in [-0.15, -0.1) is 0 Å². The van der Waals surface area contributed by atoms with Crippen molar-refractivity contribution in [3.63, 3.8) is 0 Å². The van der Waals surface area contributed by atoms with Crippen LogP contribution in [-0.4, -0.2) is 11.6 Å². The van der Waals surface area contributed by atoms with Crippen molar-refractivity contribution in [1.29, 1.82) is 0 Å². The van der Waals surface area contributed by atoms with E-state index in [0.717, 1.165) is 16.7 Å². The highest BCUT2D eigenvalue weighted by Crippen LogP contribution is 2.19. The van der Waals surface area contributed by atoms with Crippen molar-refractivity contribution >= 4 is 11.5 Å². The third-order valence-electron chi connectivity index (χ3n) is 2.34. The molecule has 0 fully saturated rings. The summed E-state index contributed by atoms with van der Waals surface area (Å²) in [5, 5.41) is 0. The minimum atomic E-state index is -0.462. The van der Waals surface area contributed by atoms with Crippen molar-refractivity contribution < 1.29 is 9.53 Å². The summed E-state index contributed by atoms with van der Waals surface area (Å²) in [5.74, 6) is -0.275. The quantitative estimate of drug-likeness (QED) is 0.721. The summed E-state index contributed by atoms with van der Waals surface area (Å²) in [4.78, 5) is 11.9. The normalized spacial score (nSPS) is 11.1. The first-order chi connectivity index (χ1) is 7.70. The molecule has 0 aromatic heterocycles. The molecule has 0 unspecified atom stereocenters. The van der Waals surface area contributed by atoms with Crippen LogP contribution in [0, 0.1) is 6.92 Å². The van der Waals surface area contributed by atoms with Crippen molar-refractivity contribution in [2.24, 2.45) is 0 Å². The first-order valence-electron chi connectivity index (χ1n) is 5.70. The third kappa shape index (κ3) is 3.74. The highest BCUT2D eigenvalue weighted by molar-refractivity contribution is 5.91. The van der Waals surface area contributed by atoms with E-state index in [-0.39, 0.29) is 5.97 Å². The Morgan fingerprint density at radius 2 is 1.88 bits per heavy atom. The summed E-state index contributed by atoms with van der Waals surface area (Å²) in [5.41, 5.74) is 3.11. The molecule has 0 bridgehead atoms. The molecule has 92 valence electrons. The molecule has 17 heavy (non-hydrogen) atoms. The van der Waals surface area contributed by atoms with E-state index in [2.05, 4.69) is 6.58 Å². The molecule has 0 spiro atoms. The summed E-state index contributed by atoms with van der Waals surface area (Å²) in [7, 11) is 0. The van der Waals surface area contributed by atoms with Crippen LogP contribution in [0.4, 0.5) is 0 Å². The zero-order valence-corrected chi connectivity index (χ0v) is 11.3. The van der Waals surface area contributed by atoms with Crippen molar-refractivity contribution in [2.45, 2.75) is 40.2 Å². The van der Waals surface area contributed by atoms with Gasteiger partial charge in [0.05, 0.1) is 5.56 Å². The Bertz CT molecular complexity index is 450. The molecular weight excluding hydrogens is 212 g/mol. The minimum absolute atomic E-state index is 0.275. The van der Waals surface area contributed by atoms with Gasteiger partial charge in [-0.1, -0.05) is 24.3 Å². The molecular formula is C15H20O2. The fourth-order valence-corrected chi connectivity index (χ4v) is 1.49. The van der Waals surface area contributed by atoms with E-state index in [9.17, 15) is 4.79 Å². The molecule has 0 amide bonds. The van der Waals surface area contributed by atoms with Gasteiger partial charge in [0.15, 0.2) is 0 Å². The number of ether oxygens (including phenoxy) is 1. The van der Waals surface area contributed by atoms with Crippen LogP contribution in [0.3, 0.4) is 0 Å². The second-order valence-corrected chi connectivity index (χ2v) is 5.31. The number of benzene rings is 1. The maximum absolute atomic E-state index is 11.9. The van der Waals surface area contributed by atoms with Crippen molar-refractivity contribution in [1.82, 2.24) is 0 Å². The number of allylic oxidation sites excluding steroid dienone is 1. The van der Waals surface area contributed by atoms with E-state index in [1.165, 1.54) is 0 Å². The average molecular weight is 232 g/mol. The first-order valence-corrected chi connectivity index (χ1v) is 5.70. The zero-order valence-electron chi connectivity index (χ0n) is 11.3. The molecule has 2 nitrogen and oxygen atoms in total. The highest BCUT2D eigenvalue weighted by Gasteiger charge is 2.19. The standard InChI is InChI=1S/C15H20O2/c1-10(2)12-7-8-13(11(3)9-12)14(16)17-15(4,5)6/h7-9H,1H2,2-6H3. The largest absolute Gasteiger partial charge is 0.456 e. The lowest BCUT2D eigenvalue weighted by Crippen LogP contribution is -2.24. The van der Waals surface area contributed by atoms with E-state index < -0.39 is 5.60 Å². The van der Waals surface area contributed by atoms with Crippen LogP contribution in [0.1, 0.15) is 49.2 Å². The monoisotopic (exact) mass is 232 g/mol. The lowest BCUT2D eigenvalue weighted by Gasteiger charge is -2.20. The predicted octanol–water partition coefficient (Wildman–Crippen LogP) is 3.98. The SMILES string of the molecule is C=C(C)c1ccc(C(=O)OC(C)(C)C)c(C)c1. The summed E-state index contributed by atoms with van der Waals surface area (Å²) in [6, 6.07) is 5.66. The topological polar surface area (TPSA) is 26.3 Å². The van der Waals surface area contributed by atoms with Crippen LogP contribution in [0.25, 0.3) is 5.57 Å². The molecule has 0 aliphatic carbocycles. The Morgan fingerprint density at radius 1 is 1.29 bits per heavy atom. The van der Waals surface area contributed by atoms with Gasteiger partial charge in [0.25, 0.3) is 0 Å². The Kier molecular flexibility index (Phi) is 3.76. The Hall–Kier alpha value is -1.57. The zero-order chi connectivity index (χ0) is 13.2. The smallest absolute Gasteiger partial charge is 0.338 e. The van der Waals surface area contributed by atoms with Crippen molar-refractivity contribution in [3.8, 4) is 0 Å². The predicted molar refractivity (Wildman–Crippen MR) is 71.1 cm³/mol. The van der Waals surface area contributed by atoms with Crippen molar-refractivity contribution in [3.05, 3.63) is 41.5 Å². The summed E-state index contributed by atoms with van der Waals surface area (Å²) >= 11 is 0. The van der Waals surface area contributed by atoms with Gasteiger partial charge in [0.1, 0.15) is 5.60 Å². The summed E-state index contributed by atoms with van der Waals surface area (Å²) < 4.78 is 5.34. The van der Waals surface area contributed by atoms with E-state index in [0.29, 0.717) is 5.56 Å². The Labute approximate surface area is 103 Å². The number of carbonyl (C=O) groups excluding carboxylic acids is 1. The molecule has 1 rings (SSSR count). The fraction of sp³-hybridized carbons (Fsp3) is 0.400. The van der Waals surface area contributed by atoms with Gasteiger partial charge in [-0.05, 0) is 51.8 Å². The number of hydrogen-bond acceptors (Lipinski definition) is 2. The van der Waals surface area contributed by atoms with Gasteiger partial charge in [-0.3, -0.25) is 0 Å². The number of rotatable bonds is 2.